The van der Waals surface area contributed by atoms with E-state index in [4.69, 9.17) is 10.2 Å². The Balaban J connectivity index is 0.000000924. The van der Waals surface area contributed by atoms with Gasteiger partial charge in [0.1, 0.15) is 6.26 Å². The number of oxazole rings is 1. The lowest BCUT2D eigenvalue weighted by atomic mass is 10.2. The van der Waals surface area contributed by atoms with E-state index in [1.54, 1.807) is 17.5 Å². The lowest BCUT2D eigenvalue weighted by molar-refractivity contribution is 0.503. The first kappa shape index (κ1) is 17.2. The molecule has 7 nitrogen and oxygen atoms in total. The van der Waals surface area contributed by atoms with Crippen molar-refractivity contribution in [1.82, 2.24) is 15.0 Å². The molecule has 3 aromatic rings. The molecular formula is C15H21N5O2S. The number of nitrogens with zero attached hydrogens (tertiary/aromatic N) is 2. The molecule has 0 fully saturated rings. The second-order valence-corrected chi connectivity index (χ2v) is 5.67. The first-order valence-corrected chi connectivity index (χ1v) is 8.35. The van der Waals surface area contributed by atoms with E-state index in [1.807, 2.05) is 20.8 Å². The van der Waals surface area contributed by atoms with Crippen molar-refractivity contribution in [1.29, 1.82) is 0 Å². The molecule has 0 aliphatic carbocycles. The van der Waals surface area contributed by atoms with Crippen LogP contribution < -0.4 is 16.7 Å². The monoisotopic (exact) mass is 335 g/mol. The molecule has 0 atom stereocenters. The van der Waals surface area contributed by atoms with Crippen molar-refractivity contribution in [2.24, 2.45) is 5.73 Å². The molecule has 4 N–H and O–H groups in total. The number of nitrogens with one attached hydrogen (secondary N) is 2. The largest absolute Gasteiger partial charge is 0.447 e. The molecule has 3 aromatic heterocycles. The zero-order chi connectivity index (χ0) is 16.8. The van der Waals surface area contributed by atoms with Gasteiger partial charge in [-0.05, 0) is 25.5 Å². The molecule has 0 bridgehead atoms. The van der Waals surface area contributed by atoms with E-state index < -0.39 is 0 Å². The summed E-state index contributed by atoms with van der Waals surface area (Å²) in [6.45, 7) is 6.93. The van der Waals surface area contributed by atoms with Crippen LogP contribution in [0.25, 0.3) is 10.2 Å². The quantitative estimate of drug-likeness (QED) is 0.660. The molecule has 0 saturated heterocycles. The van der Waals surface area contributed by atoms with Crippen LogP contribution in [-0.2, 0) is 13.0 Å². The molecule has 0 amide bonds. The maximum Gasteiger partial charge on any atom is 0.347 e. The van der Waals surface area contributed by atoms with Gasteiger partial charge in [-0.15, -0.1) is 11.3 Å². The number of aromatic nitrogens is 3. The maximum atomic E-state index is 11.7. The van der Waals surface area contributed by atoms with E-state index in [0.29, 0.717) is 24.8 Å². The summed E-state index contributed by atoms with van der Waals surface area (Å²) in [5.41, 5.74) is 7.12. The second-order valence-electron chi connectivity index (χ2n) is 4.56. The summed E-state index contributed by atoms with van der Waals surface area (Å²) in [5, 5.41) is 3.11. The Morgan fingerprint density at radius 1 is 1.43 bits per heavy atom. The zero-order valence-electron chi connectivity index (χ0n) is 13.5. The summed E-state index contributed by atoms with van der Waals surface area (Å²) >= 11 is 1.59. The summed E-state index contributed by atoms with van der Waals surface area (Å²) in [7, 11) is 0. The number of nitrogens with two attached hydrogens (primary N) is 1. The van der Waals surface area contributed by atoms with Crippen LogP contribution in [0.15, 0.2) is 21.7 Å². The molecule has 0 aliphatic rings. The van der Waals surface area contributed by atoms with Gasteiger partial charge in [-0.25, -0.2) is 9.78 Å². The highest BCUT2D eigenvalue weighted by molar-refractivity contribution is 7.19. The van der Waals surface area contributed by atoms with Crippen LogP contribution in [0.1, 0.15) is 30.2 Å². The fourth-order valence-electron chi connectivity index (χ4n) is 2.15. The lowest BCUT2D eigenvalue weighted by Gasteiger charge is -2.03. The average Bonchev–Trinajstić information content (AvgIpc) is 3.18. The molecule has 3 rings (SSSR count). The first-order valence-electron chi connectivity index (χ1n) is 7.53. The van der Waals surface area contributed by atoms with Crippen molar-refractivity contribution < 1.29 is 4.42 Å². The highest BCUT2D eigenvalue weighted by Crippen LogP contribution is 2.32. The third-order valence-electron chi connectivity index (χ3n) is 3.17. The van der Waals surface area contributed by atoms with Crippen LogP contribution >= 0.6 is 11.3 Å². The van der Waals surface area contributed by atoms with Crippen LogP contribution in [0.2, 0.25) is 0 Å². The van der Waals surface area contributed by atoms with Crippen LogP contribution in [0.4, 0.5) is 5.82 Å². The van der Waals surface area contributed by atoms with Gasteiger partial charge in [0.15, 0.2) is 5.82 Å². The van der Waals surface area contributed by atoms with E-state index in [9.17, 15) is 4.79 Å². The Morgan fingerprint density at radius 3 is 2.87 bits per heavy atom. The Kier molecular flexibility index (Phi) is 5.89. The molecule has 124 valence electrons. The number of H-pyrrole nitrogens is 1. The predicted molar refractivity (Wildman–Crippen MR) is 92.9 cm³/mol. The van der Waals surface area contributed by atoms with Crippen LogP contribution in [0, 0.1) is 6.92 Å². The first-order chi connectivity index (χ1) is 11.2. The van der Waals surface area contributed by atoms with Gasteiger partial charge in [-0.1, -0.05) is 13.8 Å². The van der Waals surface area contributed by atoms with E-state index in [1.165, 1.54) is 6.26 Å². The smallest absolute Gasteiger partial charge is 0.347 e. The van der Waals surface area contributed by atoms with E-state index in [2.05, 4.69) is 20.3 Å². The summed E-state index contributed by atoms with van der Waals surface area (Å²) in [4.78, 5) is 23.7. The molecule has 23 heavy (non-hydrogen) atoms. The molecule has 8 heteroatoms. The Labute approximate surface area is 138 Å². The number of hydrogen-bond acceptors (Lipinski definition) is 7. The summed E-state index contributed by atoms with van der Waals surface area (Å²) in [6, 6.07) is 0. The molecular weight excluding hydrogens is 314 g/mol. The van der Waals surface area contributed by atoms with E-state index >= 15 is 0 Å². The SMILES string of the molecule is CC.Cc1c(CCN)sc2c(NCc3ncco3)nc(=O)[nH]c12. The number of thiophene rings is 1. The van der Waals surface area contributed by atoms with Crippen LogP contribution in [0.3, 0.4) is 0 Å². The van der Waals surface area contributed by atoms with Crippen molar-refractivity contribution in [3.8, 4) is 0 Å². The number of hydrogen-bond donors (Lipinski definition) is 3. The van der Waals surface area contributed by atoms with Crippen molar-refractivity contribution in [3.63, 3.8) is 0 Å². The second kappa shape index (κ2) is 7.89. The number of anilines is 1. The van der Waals surface area contributed by atoms with Gasteiger partial charge in [0, 0.05) is 4.88 Å². The Bertz CT molecular complexity index is 807. The molecule has 3 heterocycles. The van der Waals surface area contributed by atoms with Crippen molar-refractivity contribution in [3.05, 3.63) is 39.3 Å². The van der Waals surface area contributed by atoms with E-state index in [0.717, 1.165) is 27.1 Å². The molecule has 0 aromatic carbocycles. The third kappa shape index (κ3) is 3.77. The zero-order valence-corrected chi connectivity index (χ0v) is 14.3. The number of aryl methyl sites for hydroxylation is 1. The number of rotatable bonds is 5. The van der Waals surface area contributed by atoms with Crippen molar-refractivity contribution in [2.45, 2.75) is 33.7 Å². The highest BCUT2D eigenvalue weighted by Gasteiger charge is 2.14. The fraction of sp³-hybridized carbons (Fsp3) is 0.400. The number of fused-ring (bicyclic) bond motifs is 1. The Hall–Kier alpha value is -2.19. The van der Waals surface area contributed by atoms with Gasteiger partial charge < -0.3 is 20.5 Å². The average molecular weight is 335 g/mol. The van der Waals surface area contributed by atoms with E-state index in [-0.39, 0.29) is 5.69 Å². The van der Waals surface area contributed by atoms with Gasteiger partial charge in [0.25, 0.3) is 0 Å². The Morgan fingerprint density at radius 2 is 2.22 bits per heavy atom. The highest BCUT2D eigenvalue weighted by atomic mass is 32.1. The maximum absolute atomic E-state index is 11.7. The molecule has 0 aliphatic heterocycles. The van der Waals surface area contributed by atoms with Crippen LogP contribution in [-0.4, -0.2) is 21.5 Å². The fourth-order valence-corrected chi connectivity index (χ4v) is 3.40. The third-order valence-corrected chi connectivity index (χ3v) is 4.53. The summed E-state index contributed by atoms with van der Waals surface area (Å²) < 4.78 is 6.08. The molecule has 0 unspecified atom stereocenters. The lowest BCUT2D eigenvalue weighted by Crippen LogP contribution is -2.13. The minimum absolute atomic E-state index is 0.377. The van der Waals surface area contributed by atoms with Gasteiger partial charge in [0.05, 0.1) is 23.0 Å². The minimum Gasteiger partial charge on any atom is -0.447 e. The molecule has 0 radical (unpaired) electrons. The number of aromatic amines is 1. The van der Waals surface area contributed by atoms with Crippen LogP contribution in [0.5, 0.6) is 0 Å². The standard InChI is InChI=1S/C13H15N5O2S.C2H6/c1-7-8(2-3-14)21-11-10(7)17-13(19)18-12(11)16-6-9-15-4-5-20-9;1-2/h4-5H,2-3,6,14H2,1H3,(H2,16,17,18,19);1-2H3. The van der Waals surface area contributed by atoms with Gasteiger partial charge >= 0.3 is 5.69 Å². The minimum atomic E-state index is -0.377. The van der Waals surface area contributed by atoms with Crippen molar-refractivity contribution >= 4 is 27.4 Å². The topological polar surface area (TPSA) is 110 Å². The molecule has 0 saturated carbocycles. The summed E-state index contributed by atoms with van der Waals surface area (Å²) in [6.07, 6.45) is 3.87. The van der Waals surface area contributed by atoms with Gasteiger partial charge in [-0.3, -0.25) is 0 Å². The molecule has 0 spiro atoms. The predicted octanol–water partition coefficient (Wildman–Crippen LogP) is 2.42. The summed E-state index contributed by atoms with van der Waals surface area (Å²) in [5.74, 6) is 1.09. The van der Waals surface area contributed by atoms with Gasteiger partial charge in [-0.2, -0.15) is 4.98 Å². The van der Waals surface area contributed by atoms with Crippen molar-refractivity contribution in [2.75, 3.05) is 11.9 Å². The van der Waals surface area contributed by atoms with Gasteiger partial charge in [0.2, 0.25) is 5.89 Å². The normalized spacial score (nSPS) is 10.4.